The maximum absolute atomic E-state index is 11.4. The van der Waals surface area contributed by atoms with E-state index in [0.29, 0.717) is 19.7 Å². The summed E-state index contributed by atoms with van der Waals surface area (Å²) in [5.74, 6) is 0.111. The molecule has 0 spiro atoms. The molecular formula is C16H32N2O2. The molecule has 0 aliphatic rings. The molecule has 118 valence electrons. The van der Waals surface area contributed by atoms with E-state index in [0.717, 1.165) is 32.2 Å². The minimum atomic E-state index is 0.111. The van der Waals surface area contributed by atoms with E-state index < -0.39 is 0 Å². The van der Waals surface area contributed by atoms with Crippen LogP contribution in [0.3, 0.4) is 0 Å². The van der Waals surface area contributed by atoms with Crippen LogP contribution >= 0.6 is 0 Å². The highest BCUT2D eigenvalue weighted by Crippen LogP contribution is 2.06. The van der Waals surface area contributed by atoms with Crippen LogP contribution in [-0.4, -0.2) is 30.8 Å². The molecule has 0 atom stereocenters. The number of carbonyl (C=O) groups excluding carboxylic acids is 1. The van der Waals surface area contributed by atoms with Gasteiger partial charge in [0.15, 0.2) is 0 Å². The molecule has 0 heterocycles. The predicted octanol–water partition coefficient (Wildman–Crippen LogP) is 2.73. The van der Waals surface area contributed by atoms with Gasteiger partial charge in [-0.05, 0) is 32.7 Å². The Morgan fingerprint density at radius 1 is 1.05 bits per heavy atom. The first-order valence-electron chi connectivity index (χ1n) is 8.00. The van der Waals surface area contributed by atoms with Crippen molar-refractivity contribution in [2.75, 3.05) is 19.8 Å². The van der Waals surface area contributed by atoms with Crippen molar-refractivity contribution in [3.8, 4) is 0 Å². The smallest absolute Gasteiger partial charge is 0.221 e. The molecule has 0 fully saturated rings. The molecule has 0 aromatic heterocycles. The minimum absolute atomic E-state index is 0.111. The number of hydrogen-bond acceptors (Lipinski definition) is 3. The van der Waals surface area contributed by atoms with Crippen molar-refractivity contribution in [3.05, 3.63) is 12.2 Å². The van der Waals surface area contributed by atoms with Crippen molar-refractivity contribution in [1.82, 2.24) is 10.6 Å². The number of amides is 1. The van der Waals surface area contributed by atoms with Gasteiger partial charge < -0.3 is 10.4 Å². The molecule has 0 unspecified atom stereocenters. The predicted molar refractivity (Wildman–Crippen MR) is 84.5 cm³/mol. The standard InChI is InChI=1S/C16H32N2O2/c1-2-3-9-12-16(20)18-15-17-13-10-7-5-4-6-8-11-14-19/h2-3,17,19H,4-15H2,1H3,(H,18,20)/b3-2+. The number of allylic oxidation sites excluding steroid dienone is 2. The highest BCUT2D eigenvalue weighted by Gasteiger charge is 1.97. The van der Waals surface area contributed by atoms with Crippen LogP contribution in [0.1, 0.15) is 64.7 Å². The average molecular weight is 284 g/mol. The summed E-state index contributed by atoms with van der Waals surface area (Å²) in [7, 11) is 0. The van der Waals surface area contributed by atoms with E-state index in [1.54, 1.807) is 0 Å². The normalized spacial score (nSPS) is 11.1. The number of hydrogen-bond donors (Lipinski definition) is 3. The van der Waals surface area contributed by atoms with Gasteiger partial charge >= 0.3 is 0 Å². The first kappa shape index (κ1) is 19.1. The van der Waals surface area contributed by atoms with Gasteiger partial charge in [0.05, 0.1) is 6.67 Å². The molecule has 0 saturated carbocycles. The monoisotopic (exact) mass is 284 g/mol. The van der Waals surface area contributed by atoms with Crippen LogP contribution in [0.2, 0.25) is 0 Å². The fraction of sp³-hybridized carbons (Fsp3) is 0.812. The summed E-state index contributed by atoms with van der Waals surface area (Å²) >= 11 is 0. The minimum Gasteiger partial charge on any atom is -0.396 e. The SMILES string of the molecule is C/C=C/CCC(=O)NCNCCCCCCCCCO. The first-order valence-corrected chi connectivity index (χ1v) is 8.00. The lowest BCUT2D eigenvalue weighted by Crippen LogP contribution is -2.34. The molecule has 3 N–H and O–H groups in total. The maximum Gasteiger partial charge on any atom is 0.221 e. The summed E-state index contributed by atoms with van der Waals surface area (Å²) in [6.07, 6.45) is 13.6. The van der Waals surface area contributed by atoms with Gasteiger partial charge in [0.2, 0.25) is 5.91 Å². The van der Waals surface area contributed by atoms with E-state index in [9.17, 15) is 4.79 Å². The Labute approximate surface area is 124 Å². The number of nitrogens with one attached hydrogen (secondary N) is 2. The molecule has 0 saturated heterocycles. The molecule has 0 aliphatic heterocycles. The van der Waals surface area contributed by atoms with Gasteiger partial charge in [-0.3, -0.25) is 10.1 Å². The third kappa shape index (κ3) is 15.2. The summed E-state index contributed by atoms with van der Waals surface area (Å²) in [5.41, 5.74) is 0. The molecular weight excluding hydrogens is 252 g/mol. The molecule has 0 radical (unpaired) electrons. The topological polar surface area (TPSA) is 61.4 Å². The van der Waals surface area contributed by atoms with Gasteiger partial charge in [0.25, 0.3) is 0 Å². The van der Waals surface area contributed by atoms with Gasteiger partial charge in [0, 0.05) is 13.0 Å². The lowest BCUT2D eigenvalue weighted by molar-refractivity contribution is -0.121. The molecule has 4 heteroatoms. The second-order valence-electron chi connectivity index (χ2n) is 5.08. The van der Waals surface area contributed by atoms with Crippen molar-refractivity contribution in [2.24, 2.45) is 0 Å². The van der Waals surface area contributed by atoms with E-state index in [2.05, 4.69) is 10.6 Å². The molecule has 4 nitrogen and oxygen atoms in total. The van der Waals surface area contributed by atoms with Crippen LogP contribution in [0.5, 0.6) is 0 Å². The highest BCUT2D eigenvalue weighted by atomic mass is 16.2. The highest BCUT2D eigenvalue weighted by molar-refractivity contribution is 5.75. The van der Waals surface area contributed by atoms with Crippen LogP contribution in [0.25, 0.3) is 0 Å². The van der Waals surface area contributed by atoms with Crippen molar-refractivity contribution in [2.45, 2.75) is 64.7 Å². The second-order valence-corrected chi connectivity index (χ2v) is 5.08. The Kier molecular flexibility index (Phi) is 15.5. The van der Waals surface area contributed by atoms with Crippen molar-refractivity contribution < 1.29 is 9.90 Å². The quantitative estimate of drug-likeness (QED) is 0.261. The summed E-state index contributed by atoms with van der Waals surface area (Å²) in [6, 6.07) is 0. The van der Waals surface area contributed by atoms with Crippen LogP contribution in [0, 0.1) is 0 Å². The number of aliphatic hydroxyl groups excluding tert-OH is 1. The van der Waals surface area contributed by atoms with Crippen LogP contribution < -0.4 is 10.6 Å². The molecule has 1 amide bonds. The van der Waals surface area contributed by atoms with Crippen LogP contribution in [0.4, 0.5) is 0 Å². The molecule has 20 heavy (non-hydrogen) atoms. The van der Waals surface area contributed by atoms with E-state index in [-0.39, 0.29) is 5.91 Å². The zero-order chi connectivity index (χ0) is 14.9. The van der Waals surface area contributed by atoms with Crippen LogP contribution in [-0.2, 0) is 4.79 Å². The second kappa shape index (κ2) is 16.2. The first-order chi connectivity index (χ1) is 9.81. The maximum atomic E-state index is 11.4. The zero-order valence-corrected chi connectivity index (χ0v) is 13.0. The Balaban J connectivity index is 3.10. The molecule has 0 rings (SSSR count). The average Bonchev–Trinajstić information content (AvgIpc) is 2.45. The number of aliphatic hydroxyl groups is 1. The lowest BCUT2D eigenvalue weighted by Gasteiger charge is -2.06. The Hall–Kier alpha value is -0.870. The fourth-order valence-corrected chi connectivity index (χ4v) is 1.96. The van der Waals surface area contributed by atoms with E-state index >= 15 is 0 Å². The van der Waals surface area contributed by atoms with Gasteiger partial charge in [-0.25, -0.2) is 0 Å². The van der Waals surface area contributed by atoms with E-state index in [4.69, 9.17) is 5.11 Å². The van der Waals surface area contributed by atoms with Crippen molar-refractivity contribution in [1.29, 1.82) is 0 Å². The molecule has 0 aliphatic carbocycles. The van der Waals surface area contributed by atoms with Gasteiger partial charge in [-0.1, -0.05) is 44.3 Å². The summed E-state index contributed by atoms with van der Waals surface area (Å²) in [4.78, 5) is 11.4. The van der Waals surface area contributed by atoms with Crippen molar-refractivity contribution >= 4 is 5.91 Å². The Morgan fingerprint density at radius 2 is 1.70 bits per heavy atom. The van der Waals surface area contributed by atoms with Crippen molar-refractivity contribution in [3.63, 3.8) is 0 Å². The van der Waals surface area contributed by atoms with Gasteiger partial charge in [-0.2, -0.15) is 0 Å². The van der Waals surface area contributed by atoms with E-state index in [1.165, 1.54) is 25.7 Å². The Bertz CT molecular complexity index is 243. The largest absolute Gasteiger partial charge is 0.396 e. The van der Waals surface area contributed by atoms with Gasteiger partial charge in [-0.15, -0.1) is 0 Å². The van der Waals surface area contributed by atoms with Crippen LogP contribution in [0.15, 0.2) is 12.2 Å². The zero-order valence-electron chi connectivity index (χ0n) is 13.0. The number of carbonyl (C=O) groups is 1. The molecule has 0 bridgehead atoms. The number of rotatable bonds is 14. The van der Waals surface area contributed by atoms with E-state index in [1.807, 2.05) is 19.1 Å². The fourth-order valence-electron chi connectivity index (χ4n) is 1.96. The lowest BCUT2D eigenvalue weighted by atomic mass is 10.1. The number of unbranched alkanes of at least 4 members (excludes halogenated alkanes) is 6. The van der Waals surface area contributed by atoms with Gasteiger partial charge in [0.1, 0.15) is 0 Å². The summed E-state index contributed by atoms with van der Waals surface area (Å²) in [6.45, 7) is 3.83. The molecule has 0 aromatic rings. The summed E-state index contributed by atoms with van der Waals surface area (Å²) < 4.78 is 0. The Morgan fingerprint density at radius 3 is 2.35 bits per heavy atom. The third-order valence-electron chi connectivity index (χ3n) is 3.20. The molecule has 0 aromatic carbocycles. The summed E-state index contributed by atoms with van der Waals surface area (Å²) in [5, 5.41) is 14.7. The third-order valence-corrected chi connectivity index (χ3v) is 3.20.